The summed E-state index contributed by atoms with van der Waals surface area (Å²) in [6, 6.07) is 6.98. The normalized spacial score (nSPS) is 11.1. The van der Waals surface area contributed by atoms with E-state index in [4.69, 9.17) is 0 Å². The zero-order valence-electron chi connectivity index (χ0n) is 12.8. The maximum atomic E-state index is 11.4. The monoisotopic (exact) mass is 297 g/mol. The van der Waals surface area contributed by atoms with Crippen molar-refractivity contribution in [2.45, 2.75) is 11.3 Å². The highest BCUT2D eigenvalue weighted by Crippen LogP contribution is 2.10. The van der Waals surface area contributed by atoms with E-state index >= 15 is 0 Å². The minimum absolute atomic E-state index is 0.354. The third-order valence-corrected chi connectivity index (χ3v) is 3.93. The quantitative estimate of drug-likeness (QED) is 0.617. The molecule has 0 bridgehead atoms. The molecule has 0 spiro atoms. The second-order valence-electron chi connectivity index (χ2n) is 5.14. The van der Waals surface area contributed by atoms with Gasteiger partial charge in [0.15, 0.2) is 15.8 Å². The van der Waals surface area contributed by atoms with Crippen LogP contribution in [0.4, 0.5) is 0 Å². The van der Waals surface area contributed by atoms with Gasteiger partial charge in [-0.25, -0.2) is 8.42 Å². The highest BCUT2D eigenvalue weighted by atomic mass is 32.2. The first-order valence-corrected chi connectivity index (χ1v) is 8.29. The van der Waals surface area contributed by atoms with Crippen molar-refractivity contribution in [3.05, 3.63) is 29.8 Å². The number of nitrogens with zero attached hydrogens (tertiary/aromatic N) is 3. The summed E-state index contributed by atoms with van der Waals surface area (Å²) in [6.07, 6.45) is 2.00. The van der Waals surface area contributed by atoms with E-state index in [0.29, 0.717) is 11.4 Å². The topological polar surface area (TPSA) is 53.0 Å². The Hall–Kier alpha value is -1.56. The number of benzene rings is 1. The standard InChI is InChI=1S/C14H23N3O2S/c1-16(2)14(17(3)4)15-11-10-12-6-8-13(9-7-12)20(5,18)19/h6-9H,10-11H2,1-5H3. The molecule has 0 amide bonds. The van der Waals surface area contributed by atoms with Crippen molar-refractivity contribution in [2.75, 3.05) is 41.0 Å². The van der Waals surface area contributed by atoms with Gasteiger partial charge in [0.2, 0.25) is 0 Å². The van der Waals surface area contributed by atoms with Crippen LogP contribution in [-0.4, -0.2) is 65.2 Å². The predicted molar refractivity (Wildman–Crippen MR) is 82.9 cm³/mol. The van der Waals surface area contributed by atoms with E-state index < -0.39 is 9.84 Å². The second-order valence-corrected chi connectivity index (χ2v) is 7.15. The second kappa shape index (κ2) is 6.74. The molecule has 112 valence electrons. The lowest BCUT2D eigenvalue weighted by Gasteiger charge is -2.22. The SMILES string of the molecule is CN(C)C(=NCCc1ccc(S(C)(=O)=O)cc1)N(C)C. The van der Waals surface area contributed by atoms with Gasteiger partial charge >= 0.3 is 0 Å². The van der Waals surface area contributed by atoms with E-state index in [0.717, 1.165) is 17.9 Å². The lowest BCUT2D eigenvalue weighted by atomic mass is 10.1. The van der Waals surface area contributed by atoms with E-state index in [-0.39, 0.29) is 0 Å². The van der Waals surface area contributed by atoms with E-state index in [1.807, 2.05) is 50.1 Å². The van der Waals surface area contributed by atoms with Crippen molar-refractivity contribution < 1.29 is 8.42 Å². The van der Waals surface area contributed by atoms with Crippen LogP contribution in [0.3, 0.4) is 0 Å². The van der Waals surface area contributed by atoms with E-state index in [2.05, 4.69) is 4.99 Å². The Balaban J connectivity index is 2.69. The summed E-state index contributed by atoms with van der Waals surface area (Å²) in [4.78, 5) is 8.82. The zero-order valence-corrected chi connectivity index (χ0v) is 13.6. The fourth-order valence-electron chi connectivity index (χ4n) is 1.87. The van der Waals surface area contributed by atoms with Crippen molar-refractivity contribution in [2.24, 2.45) is 4.99 Å². The van der Waals surface area contributed by atoms with Crippen molar-refractivity contribution in [3.8, 4) is 0 Å². The van der Waals surface area contributed by atoms with Gasteiger partial charge in [0.25, 0.3) is 0 Å². The average Bonchev–Trinajstić information content (AvgIpc) is 2.33. The van der Waals surface area contributed by atoms with Crippen molar-refractivity contribution in [1.29, 1.82) is 0 Å². The minimum atomic E-state index is -3.12. The van der Waals surface area contributed by atoms with Crippen LogP contribution in [0.2, 0.25) is 0 Å². The Bertz CT molecular complexity index is 551. The summed E-state index contributed by atoms with van der Waals surface area (Å²) in [5.74, 6) is 0.915. The smallest absolute Gasteiger partial charge is 0.195 e. The molecule has 0 aliphatic heterocycles. The molecule has 0 unspecified atom stereocenters. The van der Waals surface area contributed by atoms with Crippen LogP contribution < -0.4 is 0 Å². The predicted octanol–water partition coefficient (Wildman–Crippen LogP) is 1.11. The number of hydrogen-bond donors (Lipinski definition) is 0. The van der Waals surface area contributed by atoms with Crippen LogP contribution in [-0.2, 0) is 16.3 Å². The van der Waals surface area contributed by atoms with Gasteiger partial charge in [0.1, 0.15) is 0 Å². The molecule has 20 heavy (non-hydrogen) atoms. The number of aliphatic imine (C=N–C) groups is 1. The summed E-state index contributed by atoms with van der Waals surface area (Å²) in [6.45, 7) is 0.671. The average molecular weight is 297 g/mol. The largest absolute Gasteiger partial charge is 0.349 e. The summed E-state index contributed by atoms with van der Waals surface area (Å²) in [7, 11) is 4.72. The van der Waals surface area contributed by atoms with Crippen LogP contribution in [0.5, 0.6) is 0 Å². The zero-order chi connectivity index (χ0) is 15.3. The first-order valence-electron chi connectivity index (χ1n) is 6.40. The van der Waals surface area contributed by atoms with Gasteiger partial charge in [-0.1, -0.05) is 12.1 Å². The number of guanidine groups is 1. The van der Waals surface area contributed by atoms with Gasteiger partial charge in [-0.3, -0.25) is 4.99 Å². The van der Waals surface area contributed by atoms with Crippen LogP contribution in [0.1, 0.15) is 5.56 Å². The van der Waals surface area contributed by atoms with E-state index in [1.54, 1.807) is 12.1 Å². The summed E-state index contributed by atoms with van der Waals surface area (Å²) < 4.78 is 22.7. The number of rotatable bonds is 4. The molecule has 1 rings (SSSR count). The van der Waals surface area contributed by atoms with Crippen molar-refractivity contribution in [1.82, 2.24) is 9.80 Å². The van der Waals surface area contributed by atoms with Crippen LogP contribution >= 0.6 is 0 Å². The minimum Gasteiger partial charge on any atom is -0.349 e. The first kappa shape index (κ1) is 16.5. The van der Waals surface area contributed by atoms with E-state index in [1.165, 1.54) is 6.26 Å². The lowest BCUT2D eigenvalue weighted by molar-refractivity contribution is 0.479. The molecule has 1 aromatic rings. The molecule has 0 aliphatic rings. The number of hydrogen-bond acceptors (Lipinski definition) is 3. The Morgan fingerprint density at radius 2 is 1.55 bits per heavy atom. The van der Waals surface area contributed by atoms with Crippen LogP contribution in [0.25, 0.3) is 0 Å². The summed E-state index contributed by atoms with van der Waals surface area (Å²) >= 11 is 0. The maximum absolute atomic E-state index is 11.4. The van der Waals surface area contributed by atoms with Gasteiger partial charge < -0.3 is 9.80 Å². The summed E-state index contributed by atoms with van der Waals surface area (Å²) in [5.41, 5.74) is 1.08. The molecule has 0 N–H and O–H groups in total. The van der Waals surface area contributed by atoms with Crippen LogP contribution in [0, 0.1) is 0 Å². The Kier molecular flexibility index (Phi) is 5.56. The molecule has 6 heteroatoms. The molecule has 0 radical (unpaired) electrons. The molecule has 0 aliphatic carbocycles. The maximum Gasteiger partial charge on any atom is 0.195 e. The molecule has 0 aromatic heterocycles. The summed E-state index contributed by atoms with van der Waals surface area (Å²) in [5, 5.41) is 0. The fraction of sp³-hybridized carbons (Fsp3) is 0.500. The Morgan fingerprint density at radius 3 is 1.95 bits per heavy atom. The molecule has 0 atom stereocenters. The number of sulfone groups is 1. The molecule has 5 nitrogen and oxygen atoms in total. The van der Waals surface area contributed by atoms with Gasteiger partial charge in [-0.15, -0.1) is 0 Å². The molecule has 1 aromatic carbocycles. The molecule has 0 fully saturated rings. The van der Waals surface area contributed by atoms with Gasteiger partial charge in [0, 0.05) is 41.0 Å². The van der Waals surface area contributed by atoms with Gasteiger partial charge in [-0.05, 0) is 24.1 Å². The van der Waals surface area contributed by atoms with E-state index in [9.17, 15) is 8.42 Å². The molecular formula is C14H23N3O2S. The lowest BCUT2D eigenvalue weighted by Crippen LogP contribution is -2.35. The third-order valence-electron chi connectivity index (χ3n) is 2.81. The molecule has 0 saturated carbocycles. The molecule has 0 heterocycles. The van der Waals surface area contributed by atoms with Crippen LogP contribution in [0.15, 0.2) is 34.2 Å². The van der Waals surface area contributed by atoms with Crippen molar-refractivity contribution >= 4 is 15.8 Å². The van der Waals surface area contributed by atoms with Crippen molar-refractivity contribution in [3.63, 3.8) is 0 Å². The first-order chi connectivity index (χ1) is 9.21. The van der Waals surface area contributed by atoms with Gasteiger partial charge in [-0.2, -0.15) is 0 Å². The fourth-order valence-corrected chi connectivity index (χ4v) is 2.50. The highest BCUT2D eigenvalue weighted by Gasteiger charge is 2.06. The molecule has 0 saturated heterocycles. The Morgan fingerprint density at radius 1 is 1.05 bits per heavy atom. The molecular weight excluding hydrogens is 274 g/mol. The Labute approximate surface area is 121 Å². The van der Waals surface area contributed by atoms with Gasteiger partial charge in [0.05, 0.1) is 4.90 Å². The third kappa shape index (κ3) is 4.85. The highest BCUT2D eigenvalue weighted by molar-refractivity contribution is 7.90.